The Kier molecular flexibility index (Phi) is 6.75. The largest absolute Gasteiger partial charge is 0.463 e. The van der Waals surface area contributed by atoms with E-state index >= 15 is 0 Å². The molecule has 7 nitrogen and oxygen atoms in total. The molecule has 184 valence electrons. The lowest BCUT2D eigenvalue weighted by molar-refractivity contribution is -0.134. The molecule has 2 aromatic heterocycles. The molecule has 1 saturated carbocycles. The molecule has 1 aliphatic heterocycles. The van der Waals surface area contributed by atoms with Gasteiger partial charge in [-0.25, -0.2) is 0 Å². The Labute approximate surface area is 206 Å². The fraction of sp³-hybridized carbons (Fsp3) is 0.464. The molecule has 0 saturated heterocycles. The van der Waals surface area contributed by atoms with Crippen molar-refractivity contribution in [1.82, 2.24) is 20.0 Å². The molecule has 2 aliphatic rings. The van der Waals surface area contributed by atoms with Crippen LogP contribution in [-0.2, 0) is 17.8 Å². The molecular formula is C28H34N4O3. The summed E-state index contributed by atoms with van der Waals surface area (Å²) in [7, 11) is 0. The summed E-state index contributed by atoms with van der Waals surface area (Å²) in [5.74, 6) is 0.367. The summed E-state index contributed by atoms with van der Waals surface area (Å²) in [6.45, 7) is 2.71. The first kappa shape index (κ1) is 23.4. The summed E-state index contributed by atoms with van der Waals surface area (Å²) in [5, 5.41) is 7.94. The zero-order valence-electron chi connectivity index (χ0n) is 20.4. The van der Waals surface area contributed by atoms with Gasteiger partial charge in [-0.2, -0.15) is 5.10 Å². The van der Waals surface area contributed by atoms with Gasteiger partial charge in [0.05, 0.1) is 12.8 Å². The molecule has 1 aliphatic carbocycles. The van der Waals surface area contributed by atoms with Crippen LogP contribution in [0.5, 0.6) is 0 Å². The van der Waals surface area contributed by atoms with Crippen LogP contribution < -0.4 is 5.32 Å². The monoisotopic (exact) mass is 474 g/mol. The molecule has 0 radical (unpaired) electrons. The van der Waals surface area contributed by atoms with Crippen LogP contribution in [0.1, 0.15) is 67.9 Å². The molecule has 7 heteroatoms. The predicted molar refractivity (Wildman–Crippen MR) is 134 cm³/mol. The minimum absolute atomic E-state index is 0.0850. The summed E-state index contributed by atoms with van der Waals surface area (Å²) in [5.41, 5.74) is 1.32. The van der Waals surface area contributed by atoms with Crippen molar-refractivity contribution in [2.75, 3.05) is 6.54 Å². The maximum absolute atomic E-state index is 13.8. The Bertz CT molecular complexity index is 1150. The van der Waals surface area contributed by atoms with Gasteiger partial charge >= 0.3 is 0 Å². The van der Waals surface area contributed by atoms with Crippen LogP contribution in [-0.4, -0.2) is 44.6 Å². The van der Waals surface area contributed by atoms with Crippen molar-refractivity contribution in [3.63, 3.8) is 0 Å². The first-order chi connectivity index (χ1) is 17.0. The van der Waals surface area contributed by atoms with Crippen molar-refractivity contribution in [2.45, 2.75) is 76.4 Å². The normalized spacial score (nSPS) is 20.9. The number of hydrogen-bond acceptors (Lipinski definition) is 4. The van der Waals surface area contributed by atoms with E-state index in [1.54, 1.807) is 28.0 Å². The van der Waals surface area contributed by atoms with E-state index in [9.17, 15) is 9.59 Å². The van der Waals surface area contributed by atoms with Crippen molar-refractivity contribution in [2.24, 2.45) is 0 Å². The van der Waals surface area contributed by atoms with Gasteiger partial charge in [-0.15, -0.1) is 0 Å². The third-order valence-corrected chi connectivity index (χ3v) is 7.44. The number of benzene rings is 1. The van der Waals surface area contributed by atoms with Crippen LogP contribution in [0.15, 0.2) is 59.2 Å². The highest BCUT2D eigenvalue weighted by Crippen LogP contribution is 2.31. The number of rotatable bonds is 7. The smallest absolute Gasteiger partial charge is 0.273 e. The molecule has 1 atom stereocenters. The van der Waals surface area contributed by atoms with Gasteiger partial charge in [0.2, 0.25) is 5.91 Å². The number of hydrogen-bond donors (Lipinski definition) is 1. The SMILES string of the molecule is C[C@]1(C(=O)NC2CCCCCC2)Cn2nc(-c3ccco3)cc2C(=O)N1CCCc1ccccc1. The van der Waals surface area contributed by atoms with Crippen molar-refractivity contribution >= 4 is 11.8 Å². The number of aromatic nitrogens is 2. The molecule has 35 heavy (non-hydrogen) atoms. The Morgan fingerprint density at radius 1 is 1.11 bits per heavy atom. The van der Waals surface area contributed by atoms with E-state index in [2.05, 4.69) is 22.5 Å². The second kappa shape index (κ2) is 10.1. The third-order valence-electron chi connectivity index (χ3n) is 7.44. The van der Waals surface area contributed by atoms with Gasteiger partial charge in [0.15, 0.2) is 5.76 Å². The van der Waals surface area contributed by atoms with E-state index in [1.807, 2.05) is 31.2 Å². The topological polar surface area (TPSA) is 80.4 Å². The lowest BCUT2D eigenvalue weighted by atomic mass is 9.93. The van der Waals surface area contributed by atoms with E-state index < -0.39 is 5.54 Å². The summed E-state index contributed by atoms with van der Waals surface area (Å²) in [6, 6.07) is 15.8. The zero-order valence-corrected chi connectivity index (χ0v) is 20.4. The fourth-order valence-corrected chi connectivity index (χ4v) is 5.39. The molecule has 2 amide bonds. The standard InChI is InChI=1S/C28H34N4O3/c1-28(27(34)29-22-14-7-2-3-8-15-22)20-32-24(19-23(30-32)25-16-10-18-35-25)26(33)31(28)17-9-13-21-11-5-4-6-12-21/h4-6,10-12,16,18-19,22H,2-3,7-9,13-15,17,20H2,1H3,(H,29,34)/t28-/m1/s1. The van der Waals surface area contributed by atoms with Crippen LogP contribution >= 0.6 is 0 Å². The number of nitrogens with one attached hydrogen (secondary N) is 1. The van der Waals surface area contributed by atoms with Gasteiger partial charge in [0, 0.05) is 18.7 Å². The summed E-state index contributed by atoms with van der Waals surface area (Å²) < 4.78 is 7.19. The molecule has 3 heterocycles. The van der Waals surface area contributed by atoms with Crippen molar-refractivity contribution in [3.05, 3.63) is 66.1 Å². The van der Waals surface area contributed by atoms with Crippen molar-refractivity contribution < 1.29 is 14.0 Å². The zero-order chi connectivity index (χ0) is 24.3. The van der Waals surface area contributed by atoms with Crippen molar-refractivity contribution in [3.8, 4) is 11.5 Å². The average Bonchev–Trinajstić information content (AvgIpc) is 3.47. The number of amides is 2. The van der Waals surface area contributed by atoms with Crippen LogP contribution in [0.4, 0.5) is 0 Å². The van der Waals surface area contributed by atoms with Crippen LogP contribution in [0.3, 0.4) is 0 Å². The maximum atomic E-state index is 13.8. The van der Waals surface area contributed by atoms with Gasteiger partial charge in [-0.3, -0.25) is 14.3 Å². The van der Waals surface area contributed by atoms with E-state index in [0.717, 1.165) is 38.5 Å². The van der Waals surface area contributed by atoms with Crippen molar-refractivity contribution in [1.29, 1.82) is 0 Å². The first-order valence-electron chi connectivity index (χ1n) is 12.8. The fourth-order valence-electron chi connectivity index (χ4n) is 5.39. The van der Waals surface area contributed by atoms with Gasteiger partial charge in [0.25, 0.3) is 5.91 Å². The Balaban J connectivity index is 1.40. The molecule has 3 aromatic rings. The molecule has 0 unspecified atom stereocenters. The molecule has 1 N–H and O–H groups in total. The first-order valence-corrected chi connectivity index (χ1v) is 12.8. The molecule has 5 rings (SSSR count). The number of fused-ring (bicyclic) bond motifs is 1. The Hall–Kier alpha value is -3.35. The minimum atomic E-state index is -1.01. The maximum Gasteiger partial charge on any atom is 0.273 e. The highest BCUT2D eigenvalue weighted by atomic mass is 16.3. The quantitative estimate of drug-likeness (QED) is 0.498. The average molecular weight is 475 g/mol. The highest BCUT2D eigenvalue weighted by molar-refractivity contribution is 6.00. The Morgan fingerprint density at radius 3 is 2.60 bits per heavy atom. The summed E-state index contributed by atoms with van der Waals surface area (Å²) in [6.07, 6.45) is 9.94. The van der Waals surface area contributed by atoms with Crippen LogP contribution in [0.2, 0.25) is 0 Å². The second-order valence-corrected chi connectivity index (χ2v) is 10.0. The van der Waals surface area contributed by atoms with Gasteiger partial charge in [-0.1, -0.05) is 56.0 Å². The van der Waals surface area contributed by atoms with Gasteiger partial charge in [-0.05, 0) is 50.3 Å². The Morgan fingerprint density at radius 2 is 1.89 bits per heavy atom. The summed E-state index contributed by atoms with van der Waals surface area (Å²) >= 11 is 0. The molecule has 0 spiro atoms. The number of furan rings is 1. The van der Waals surface area contributed by atoms with E-state index in [0.29, 0.717) is 30.2 Å². The third kappa shape index (κ3) is 4.90. The number of aryl methyl sites for hydroxylation is 1. The van der Waals surface area contributed by atoms with Crippen LogP contribution in [0, 0.1) is 0 Å². The second-order valence-electron chi connectivity index (χ2n) is 10.0. The van der Waals surface area contributed by atoms with E-state index in [-0.39, 0.29) is 17.9 Å². The molecule has 1 aromatic carbocycles. The number of carbonyl (C=O) groups is 2. The highest BCUT2D eigenvalue weighted by Gasteiger charge is 2.48. The molecule has 1 fully saturated rings. The molecule has 0 bridgehead atoms. The number of carbonyl (C=O) groups excluding carboxylic acids is 2. The van der Waals surface area contributed by atoms with E-state index in [1.165, 1.54) is 18.4 Å². The molecular weight excluding hydrogens is 440 g/mol. The van der Waals surface area contributed by atoms with Gasteiger partial charge < -0.3 is 14.6 Å². The summed E-state index contributed by atoms with van der Waals surface area (Å²) in [4.78, 5) is 29.3. The van der Waals surface area contributed by atoms with Gasteiger partial charge in [0.1, 0.15) is 16.9 Å². The number of nitrogens with zero attached hydrogens (tertiary/aromatic N) is 3. The van der Waals surface area contributed by atoms with Crippen LogP contribution in [0.25, 0.3) is 11.5 Å². The predicted octanol–water partition coefficient (Wildman–Crippen LogP) is 4.83. The lowest BCUT2D eigenvalue weighted by Gasteiger charge is -2.44. The minimum Gasteiger partial charge on any atom is -0.463 e. The lowest BCUT2D eigenvalue weighted by Crippen LogP contribution is -2.65. The van der Waals surface area contributed by atoms with E-state index in [4.69, 9.17) is 4.42 Å².